The molecule has 0 spiro atoms. The fraction of sp³-hybridized carbons (Fsp3) is 0.500. The maximum Gasteiger partial charge on any atom is 0.266 e. The van der Waals surface area contributed by atoms with Crippen LogP contribution in [0.2, 0.25) is 0 Å². The third-order valence-corrected chi connectivity index (χ3v) is 1.61. The smallest absolute Gasteiger partial charge is 0.266 e. The largest absolute Gasteiger partial charge is 0.390 e. The summed E-state index contributed by atoms with van der Waals surface area (Å²) in [6.07, 6.45) is 0.936. The molecule has 72 valence electrons. The Morgan fingerprint density at radius 1 is 1.77 bits per heavy atom. The van der Waals surface area contributed by atoms with Crippen molar-refractivity contribution in [2.24, 2.45) is 0 Å². The van der Waals surface area contributed by atoms with E-state index in [1.807, 2.05) is 0 Å². The molecule has 0 aliphatic carbocycles. The number of hydrogen-bond acceptors (Lipinski definition) is 4. The van der Waals surface area contributed by atoms with Crippen LogP contribution in [0.3, 0.4) is 0 Å². The Hall–Kier alpha value is -1.20. The summed E-state index contributed by atoms with van der Waals surface area (Å²) in [5.74, 6) is 0. The van der Waals surface area contributed by atoms with Crippen molar-refractivity contribution in [2.45, 2.75) is 12.6 Å². The molecule has 1 aromatic rings. The van der Waals surface area contributed by atoms with Crippen molar-refractivity contribution in [2.75, 3.05) is 13.6 Å². The van der Waals surface area contributed by atoms with Gasteiger partial charge in [-0.1, -0.05) is 0 Å². The normalized spacial score (nSPS) is 12.8. The van der Waals surface area contributed by atoms with E-state index in [-0.39, 0.29) is 12.1 Å². The summed E-state index contributed by atoms with van der Waals surface area (Å²) in [4.78, 5) is 11.1. The van der Waals surface area contributed by atoms with Crippen molar-refractivity contribution in [1.29, 1.82) is 0 Å². The molecule has 1 unspecified atom stereocenters. The number of hydrogen-bond donors (Lipinski definition) is 2. The maximum atomic E-state index is 11.1. The zero-order valence-electron chi connectivity index (χ0n) is 7.47. The summed E-state index contributed by atoms with van der Waals surface area (Å²) < 4.78 is 1.24. The van der Waals surface area contributed by atoms with E-state index in [4.69, 9.17) is 0 Å². The van der Waals surface area contributed by atoms with Crippen LogP contribution in [0, 0.1) is 0 Å². The van der Waals surface area contributed by atoms with Crippen molar-refractivity contribution in [3.05, 3.63) is 28.7 Å². The van der Waals surface area contributed by atoms with Crippen LogP contribution in [0.5, 0.6) is 0 Å². The van der Waals surface area contributed by atoms with Gasteiger partial charge in [0.05, 0.1) is 12.6 Å². The first-order chi connectivity index (χ1) is 6.24. The number of rotatable bonds is 4. The summed E-state index contributed by atoms with van der Waals surface area (Å²) in [5, 5.41) is 16.0. The molecule has 2 N–H and O–H groups in total. The molecule has 1 heterocycles. The van der Waals surface area contributed by atoms with E-state index in [1.165, 1.54) is 16.9 Å². The monoisotopic (exact) mass is 183 g/mol. The zero-order valence-corrected chi connectivity index (χ0v) is 7.47. The highest BCUT2D eigenvalue weighted by molar-refractivity contribution is 4.85. The first-order valence-corrected chi connectivity index (χ1v) is 4.09. The van der Waals surface area contributed by atoms with Gasteiger partial charge in [-0.15, -0.1) is 0 Å². The molecular weight excluding hydrogens is 170 g/mol. The van der Waals surface area contributed by atoms with Gasteiger partial charge in [0.25, 0.3) is 5.56 Å². The van der Waals surface area contributed by atoms with Crippen LogP contribution in [-0.2, 0) is 6.54 Å². The topological polar surface area (TPSA) is 67.2 Å². The minimum absolute atomic E-state index is 0.197. The summed E-state index contributed by atoms with van der Waals surface area (Å²) >= 11 is 0. The van der Waals surface area contributed by atoms with Gasteiger partial charge in [0.2, 0.25) is 0 Å². The molecule has 0 aliphatic rings. The second kappa shape index (κ2) is 4.74. The standard InChI is InChI=1S/C8H13N3O2/c1-9-5-7(12)6-11-8(13)3-2-4-10-11/h2-4,7,9,12H,5-6H2,1H3. The number of likely N-dealkylation sites (N-methyl/N-ethyl adjacent to an activating group) is 1. The first-order valence-electron chi connectivity index (χ1n) is 4.09. The summed E-state index contributed by atoms with van der Waals surface area (Å²) in [6.45, 7) is 0.670. The van der Waals surface area contributed by atoms with Crippen LogP contribution in [0.15, 0.2) is 23.1 Å². The van der Waals surface area contributed by atoms with Gasteiger partial charge in [0.15, 0.2) is 0 Å². The molecule has 1 atom stereocenters. The van der Waals surface area contributed by atoms with Gasteiger partial charge >= 0.3 is 0 Å². The van der Waals surface area contributed by atoms with E-state index in [9.17, 15) is 9.90 Å². The minimum atomic E-state index is -0.586. The fourth-order valence-corrected chi connectivity index (χ4v) is 1.02. The first kappa shape index (κ1) is 9.88. The summed E-state index contributed by atoms with van der Waals surface area (Å²) in [7, 11) is 1.74. The van der Waals surface area contributed by atoms with Gasteiger partial charge in [0.1, 0.15) is 0 Å². The van der Waals surface area contributed by atoms with E-state index < -0.39 is 6.10 Å². The van der Waals surface area contributed by atoms with Crippen molar-refractivity contribution in [1.82, 2.24) is 15.1 Å². The minimum Gasteiger partial charge on any atom is -0.390 e. The average Bonchev–Trinajstić information content (AvgIpc) is 2.09. The van der Waals surface area contributed by atoms with Crippen molar-refractivity contribution >= 4 is 0 Å². The molecule has 13 heavy (non-hydrogen) atoms. The molecule has 0 bridgehead atoms. The Morgan fingerprint density at radius 3 is 3.15 bits per heavy atom. The van der Waals surface area contributed by atoms with Crippen molar-refractivity contribution < 1.29 is 5.11 Å². The highest BCUT2D eigenvalue weighted by Crippen LogP contribution is 1.84. The summed E-state index contributed by atoms with van der Waals surface area (Å²) in [6, 6.07) is 2.99. The lowest BCUT2D eigenvalue weighted by atomic mass is 10.3. The summed E-state index contributed by atoms with van der Waals surface area (Å²) in [5.41, 5.74) is -0.197. The number of nitrogens with one attached hydrogen (secondary N) is 1. The molecule has 0 aromatic carbocycles. The van der Waals surface area contributed by atoms with E-state index >= 15 is 0 Å². The van der Waals surface area contributed by atoms with E-state index in [0.717, 1.165) is 0 Å². The van der Waals surface area contributed by atoms with E-state index in [2.05, 4.69) is 10.4 Å². The maximum absolute atomic E-state index is 11.1. The molecule has 0 saturated carbocycles. The van der Waals surface area contributed by atoms with Crippen LogP contribution in [0.1, 0.15) is 0 Å². The van der Waals surface area contributed by atoms with Gasteiger partial charge < -0.3 is 10.4 Å². The second-order valence-electron chi connectivity index (χ2n) is 2.76. The number of aromatic nitrogens is 2. The van der Waals surface area contributed by atoms with Crippen LogP contribution in [0.25, 0.3) is 0 Å². The Morgan fingerprint density at radius 2 is 2.54 bits per heavy atom. The predicted octanol–water partition coefficient (Wildman–Crippen LogP) is -1.18. The number of aliphatic hydroxyl groups excluding tert-OH is 1. The molecule has 5 nitrogen and oxygen atoms in total. The fourth-order valence-electron chi connectivity index (χ4n) is 1.02. The Labute approximate surface area is 76.0 Å². The van der Waals surface area contributed by atoms with E-state index in [0.29, 0.717) is 6.54 Å². The average molecular weight is 183 g/mol. The van der Waals surface area contributed by atoms with Crippen LogP contribution < -0.4 is 10.9 Å². The Kier molecular flexibility index (Phi) is 3.60. The van der Waals surface area contributed by atoms with Gasteiger partial charge in [-0.2, -0.15) is 5.10 Å². The number of aliphatic hydroxyl groups is 1. The zero-order chi connectivity index (χ0) is 9.68. The molecule has 0 amide bonds. The molecule has 5 heteroatoms. The third-order valence-electron chi connectivity index (χ3n) is 1.61. The van der Waals surface area contributed by atoms with E-state index in [1.54, 1.807) is 13.1 Å². The second-order valence-corrected chi connectivity index (χ2v) is 2.76. The lowest BCUT2D eigenvalue weighted by Crippen LogP contribution is -2.33. The molecule has 0 radical (unpaired) electrons. The molecule has 0 saturated heterocycles. The molecule has 1 aromatic heterocycles. The Bertz CT molecular complexity index is 310. The number of nitrogens with zero attached hydrogens (tertiary/aromatic N) is 2. The van der Waals surface area contributed by atoms with Crippen molar-refractivity contribution in [3.63, 3.8) is 0 Å². The SMILES string of the molecule is CNCC(O)Cn1ncccc1=O. The Balaban J connectivity index is 2.63. The van der Waals surface area contributed by atoms with Gasteiger partial charge in [-0.3, -0.25) is 4.79 Å². The van der Waals surface area contributed by atoms with Crippen molar-refractivity contribution in [3.8, 4) is 0 Å². The van der Waals surface area contributed by atoms with Gasteiger partial charge in [0, 0.05) is 18.8 Å². The quantitative estimate of drug-likeness (QED) is 0.617. The van der Waals surface area contributed by atoms with Crippen LogP contribution >= 0.6 is 0 Å². The highest BCUT2D eigenvalue weighted by Gasteiger charge is 2.04. The molecular formula is C8H13N3O2. The molecule has 0 aliphatic heterocycles. The third kappa shape index (κ3) is 2.96. The van der Waals surface area contributed by atoms with Crippen LogP contribution in [-0.4, -0.2) is 34.6 Å². The highest BCUT2D eigenvalue weighted by atomic mass is 16.3. The lowest BCUT2D eigenvalue weighted by Gasteiger charge is -2.09. The molecule has 0 fully saturated rings. The van der Waals surface area contributed by atoms with Gasteiger partial charge in [-0.25, -0.2) is 4.68 Å². The van der Waals surface area contributed by atoms with Gasteiger partial charge in [-0.05, 0) is 13.1 Å². The van der Waals surface area contributed by atoms with Crippen LogP contribution in [0.4, 0.5) is 0 Å². The molecule has 1 rings (SSSR count). The predicted molar refractivity (Wildman–Crippen MR) is 48.4 cm³/mol. The lowest BCUT2D eigenvalue weighted by molar-refractivity contribution is 0.147.